The number of hydrogen-bond acceptors (Lipinski definition) is 4. The highest BCUT2D eigenvalue weighted by atomic mass is 16.5. The fraction of sp³-hybridized carbons (Fsp3) is 0.273. The van der Waals surface area contributed by atoms with Crippen LogP contribution in [0.3, 0.4) is 0 Å². The van der Waals surface area contributed by atoms with Crippen LogP contribution in [0.25, 0.3) is 11.3 Å². The van der Waals surface area contributed by atoms with Crippen LogP contribution < -0.4 is 10.1 Å². The van der Waals surface area contributed by atoms with Crippen LogP contribution in [0.5, 0.6) is 5.75 Å². The number of hydrogen-bond donors (Lipinski definition) is 1. The Hall–Kier alpha value is -3.08. The standard InChI is InChI=1S/C22H24N2O3/c1-3-4-13-26-20-11-9-18(10-12-20)22(25)23-15-19-14-21(27-24-19)17-7-5-16(2)6-8-17/h5-12,14H,3-4,13,15H2,1-2H3,(H,23,25). The third kappa shape index (κ3) is 5.20. The average molecular weight is 364 g/mol. The van der Waals surface area contributed by atoms with Crippen molar-refractivity contribution in [3.05, 3.63) is 71.4 Å². The van der Waals surface area contributed by atoms with Gasteiger partial charge in [-0.05, 0) is 37.6 Å². The van der Waals surface area contributed by atoms with Gasteiger partial charge in [-0.2, -0.15) is 0 Å². The highest BCUT2D eigenvalue weighted by Gasteiger charge is 2.10. The Kier molecular flexibility index (Phi) is 6.26. The molecule has 0 aliphatic rings. The quantitative estimate of drug-likeness (QED) is 0.585. The molecule has 0 saturated heterocycles. The fourth-order valence-electron chi connectivity index (χ4n) is 2.56. The van der Waals surface area contributed by atoms with Crippen LogP contribution in [-0.4, -0.2) is 17.7 Å². The maximum atomic E-state index is 12.3. The van der Waals surface area contributed by atoms with E-state index in [1.165, 1.54) is 5.56 Å². The summed E-state index contributed by atoms with van der Waals surface area (Å²) in [4.78, 5) is 12.3. The predicted molar refractivity (Wildman–Crippen MR) is 105 cm³/mol. The van der Waals surface area contributed by atoms with Gasteiger partial charge in [0.25, 0.3) is 5.91 Å². The zero-order chi connectivity index (χ0) is 19.1. The zero-order valence-corrected chi connectivity index (χ0v) is 15.7. The van der Waals surface area contributed by atoms with Gasteiger partial charge in [0.05, 0.1) is 13.2 Å². The number of nitrogens with one attached hydrogen (secondary N) is 1. The third-order valence-electron chi connectivity index (χ3n) is 4.21. The smallest absolute Gasteiger partial charge is 0.251 e. The zero-order valence-electron chi connectivity index (χ0n) is 15.7. The fourth-order valence-corrected chi connectivity index (χ4v) is 2.56. The molecule has 0 spiro atoms. The van der Waals surface area contributed by atoms with E-state index in [-0.39, 0.29) is 5.91 Å². The monoisotopic (exact) mass is 364 g/mol. The molecule has 1 N–H and O–H groups in total. The van der Waals surface area contributed by atoms with Crippen molar-refractivity contribution in [2.45, 2.75) is 33.2 Å². The van der Waals surface area contributed by atoms with Crippen LogP contribution in [0.1, 0.15) is 41.4 Å². The van der Waals surface area contributed by atoms with Crippen LogP contribution in [0.4, 0.5) is 0 Å². The van der Waals surface area contributed by atoms with Gasteiger partial charge < -0.3 is 14.6 Å². The molecule has 140 valence electrons. The molecule has 1 amide bonds. The second-order valence-corrected chi connectivity index (χ2v) is 6.46. The molecule has 3 aromatic rings. The molecule has 0 aliphatic heterocycles. The summed E-state index contributed by atoms with van der Waals surface area (Å²) in [5, 5.41) is 6.89. The molecule has 0 atom stereocenters. The summed E-state index contributed by atoms with van der Waals surface area (Å²) in [6.07, 6.45) is 2.11. The summed E-state index contributed by atoms with van der Waals surface area (Å²) < 4.78 is 11.0. The Balaban J connectivity index is 1.54. The molecule has 27 heavy (non-hydrogen) atoms. The average Bonchev–Trinajstić information content (AvgIpc) is 3.16. The van der Waals surface area contributed by atoms with Gasteiger partial charge in [-0.25, -0.2) is 0 Å². The van der Waals surface area contributed by atoms with Gasteiger partial charge in [-0.3, -0.25) is 4.79 Å². The predicted octanol–water partition coefficient (Wildman–Crippen LogP) is 4.76. The lowest BCUT2D eigenvalue weighted by Gasteiger charge is -2.07. The largest absolute Gasteiger partial charge is 0.494 e. The number of rotatable bonds is 8. The van der Waals surface area contributed by atoms with E-state index in [2.05, 4.69) is 17.4 Å². The topological polar surface area (TPSA) is 64.4 Å². The van der Waals surface area contributed by atoms with Gasteiger partial charge in [0, 0.05) is 17.2 Å². The van der Waals surface area contributed by atoms with Crippen molar-refractivity contribution in [2.75, 3.05) is 6.61 Å². The van der Waals surface area contributed by atoms with Gasteiger partial charge in [0.15, 0.2) is 5.76 Å². The van der Waals surface area contributed by atoms with E-state index in [9.17, 15) is 4.79 Å². The molecule has 0 bridgehead atoms. The minimum atomic E-state index is -0.157. The first-order valence-corrected chi connectivity index (χ1v) is 9.19. The van der Waals surface area contributed by atoms with Gasteiger partial charge in [0.1, 0.15) is 11.4 Å². The second kappa shape index (κ2) is 9.03. The van der Waals surface area contributed by atoms with Crippen molar-refractivity contribution in [3.63, 3.8) is 0 Å². The van der Waals surface area contributed by atoms with E-state index in [1.54, 1.807) is 12.1 Å². The Labute approximate surface area is 159 Å². The molecule has 0 radical (unpaired) electrons. The first-order valence-electron chi connectivity index (χ1n) is 9.19. The van der Waals surface area contributed by atoms with E-state index in [0.29, 0.717) is 30.2 Å². The van der Waals surface area contributed by atoms with Gasteiger partial charge in [-0.15, -0.1) is 0 Å². The van der Waals surface area contributed by atoms with E-state index in [1.807, 2.05) is 49.4 Å². The lowest BCUT2D eigenvalue weighted by molar-refractivity contribution is 0.0950. The summed E-state index contributed by atoms with van der Waals surface area (Å²) in [5.74, 6) is 1.31. The van der Waals surface area contributed by atoms with Gasteiger partial charge >= 0.3 is 0 Å². The van der Waals surface area contributed by atoms with Crippen molar-refractivity contribution < 1.29 is 14.1 Å². The number of amides is 1. The molecule has 5 heteroatoms. The SMILES string of the molecule is CCCCOc1ccc(C(=O)NCc2cc(-c3ccc(C)cc3)on2)cc1. The third-order valence-corrected chi connectivity index (χ3v) is 4.21. The number of carbonyl (C=O) groups excluding carboxylic acids is 1. The molecular formula is C22H24N2O3. The van der Waals surface area contributed by atoms with Gasteiger partial charge in [-0.1, -0.05) is 48.3 Å². The van der Waals surface area contributed by atoms with E-state index < -0.39 is 0 Å². The van der Waals surface area contributed by atoms with Crippen molar-refractivity contribution in [2.24, 2.45) is 0 Å². The lowest BCUT2D eigenvalue weighted by atomic mass is 10.1. The molecule has 3 rings (SSSR count). The van der Waals surface area contributed by atoms with Crippen molar-refractivity contribution in [1.82, 2.24) is 10.5 Å². The number of unbranched alkanes of at least 4 members (excludes halogenated alkanes) is 1. The second-order valence-electron chi connectivity index (χ2n) is 6.46. The Morgan fingerprint density at radius 1 is 1.11 bits per heavy atom. The summed E-state index contributed by atoms with van der Waals surface area (Å²) in [6, 6.07) is 17.0. The molecule has 0 aliphatic carbocycles. The molecule has 0 saturated carbocycles. The molecule has 1 heterocycles. The molecular weight excluding hydrogens is 340 g/mol. The Bertz CT molecular complexity index is 867. The number of benzene rings is 2. The lowest BCUT2D eigenvalue weighted by Crippen LogP contribution is -2.22. The minimum absolute atomic E-state index is 0.157. The van der Waals surface area contributed by atoms with Gasteiger partial charge in [0.2, 0.25) is 0 Å². The minimum Gasteiger partial charge on any atom is -0.494 e. The van der Waals surface area contributed by atoms with Crippen molar-refractivity contribution >= 4 is 5.91 Å². The highest BCUT2D eigenvalue weighted by molar-refractivity contribution is 5.94. The van der Waals surface area contributed by atoms with Crippen LogP contribution >= 0.6 is 0 Å². The summed E-state index contributed by atoms with van der Waals surface area (Å²) in [6.45, 7) is 5.16. The first kappa shape index (κ1) is 18.7. The Morgan fingerprint density at radius 3 is 2.56 bits per heavy atom. The van der Waals surface area contributed by atoms with Crippen molar-refractivity contribution in [1.29, 1.82) is 0 Å². The molecule has 1 aromatic heterocycles. The summed E-state index contributed by atoms with van der Waals surface area (Å²) >= 11 is 0. The molecule has 0 unspecified atom stereocenters. The van der Waals surface area contributed by atoms with Crippen molar-refractivity contribution in [3.8, 4) is 17.1 Å². The van der Waals surface area contributed by atoms with Crippen LogP contribution in [0.2, 0.25) is 0 Å². The first-order chi connectivity index (χ1) is 13.2. The molecule has 5 nitrogen and oxygen atoms in total. The highest BCUT2D eigenvalue weighted by Crippen LogP contribution is 2.20. The number of ether oxygens (including phenoxy) is 1. The maximum Gasteiger partial charge on any atom is 0.251 e. The van der Waals surface area contributed by atoms with E-state index in [0.717, 1.165) is 24.2 Å². The molecule has 2 aromatic carbocycles. The van der Waals surface area contributed by atoms with Crippen LogP contribution in [-0.2, 0) is 6.54 Å². The van der Waals surface area contributed by atoms with Crippen LogP contribution in [0, 0.1) is 6.92 Å². The summed E-state index contributed by atoms with van der Waals surface area (Å²) in [5.41, 5.74) is 3.41. The summed E-state index contributed by atoms with van der Waals surface area (Å²) in [7, 11) is 0. The number of nitrogens with zero attached hydrogens (tertiary/aromatic N) is 1. The number of carbonyl (C=O) groups is 1. The van der Waals surface area contributed by atoms with E-state index in [4.69, 9.17) is 9.26 Å². The Morgan fingerprint density at radius 2 is 1.85 bits per heavy atom. The van der Waals surface area contributed by atoms with Crippen LogP contribution in [0.15, 0.2) is 59.1 Å². The number of aromatic nitrogens is 1. The number of aryl methyl sites for hydroxylation is 1. The normalized spacial score (nSPS) is 10.6. The molecule has 0 fully saturated rings. The maximum absolute atomic E-state index is 12.3. The van der Waals surface area contributed by atoms with E-state index >= 15 is 0 Å².